The monoisotopic (exact) mass is 502 g/mol. The van der Waals surface area contributed by atoms with E-state index in [0.717, 1.165) is 6.07 Å². The molecule has 0 spiro atoms. The minimum Gasteiger partial charge on any atom is -0.368 e. The molecular weight excluding hydrogens is 481 g/mol. The summed E-state index contributed by atoms with van der Waals surface area (Å²) in [5.74, 6) is -0.0334. The Kier molecular flexibility index (Phi) is 7.20. The first-order valence-electron chi connectivity index (χ1n) is 9.93. The topological polar surface area (TPSA) is 126 Å². The molecule has 178 valence electrons. The summed E-state index contributed by atoms with van der Waals surface area (Å²) in [6.07, 6.45) is -3.52. The number of hydrogen-bond acceptors (Lipinski definition) is 6. The Hall–Kier alpha value is -2.83. The number of H-pyrrole nitrogens is 1. The Bertz CT molecular complexity index is 1230. The molecule has 0 aliphatic heterocycles. The first kappa shape index (κ1) is 24.8. The number of hydrogen-bond donors (Lipinski definition) is 4. The molecule has 0 aliphatic rings. The number of aromatic nitrogens is 3. The summed E-state index contributed by atoms with van der Waals surface area (Å²) in [6.45, 7) is 3.71. The van der Waals surface area contributed by atoms with Gasteiger partial charge in [0.1, 0.15) is 0 Å². The van der Waals surface area contributed by atoms with E-state index in [1.807, 2.05) is 13.8 Å². The average molecular weight is 503 g/mol. The van der Waals surface area contributed by atoms with E-state index in [-0.39, 0.29) is 44.7 Å². The normalized spacial score (nSPS) is 12.3. The summed E-state index contributed by atoms with van der Waals surface area (Å²) >= 11 is 6.24. The van der Waals surface area contributed by atoms with Crippen LogP contribution in [0.15, 0.2) is 41.3 Å². The van der Waals surface area contributed by atoms with Crippen molar-refractivity contribution in [2.45, 2.75) is 43.8 Å². The lowest BCUT2D eigenvalue weighted by Crippen LogP contribution is -2.33. The largest absolute Gasteiger partial charge is 0.417 e. The van der Waals surface area contributed by atoms with Gasteiger partial charge in [-0.05, 0) is 42.7 Å². The van der Waals surface area contributed by atoms with Gasteiger partial charge in [-0.2, -0.15) is 18.2 Å². The van der Waals surface area contributed by atoms with Gasteiger partial charge in [0.15, 0.2) is 0 Å². The van der Waals surface area contributed by atoms with Crippen molar-refractivity contribution in [2.24, 2.45) is 0 Å². The SMILES string of the molecule is CCC(CC)NS(=O)(=O)c1ccc(-c2c(Cl)cc(Nc3n[nH]c(N)n3)cc2C(F)(F)F)cc1. The molecule has 0 saturated heterocycles. The van der Waals surface area contributed by atoms with Crippen molar-refractivity contribution in [3.63, 3.8) is 0 Å². The number of halogens is 4. The van der Waals surface area contributed by atoms with Gasteiger partial charge in [0.25, 0.3) is 0 Å². The number of nitrogen functional groups attached to an aromatic ring is 1. The molecule has 0 amide bonds. The van der Waals surface area contributed by atoms with Crippen LogP contribution in [0, 0.1) is 0 Å². The summed E-state index contributed by atoms with van der Waals surface area (Å²) in [5, 5.41) is 8.50. The van der Waals surface area contributed by atoms with E-state index in [4.69, 9.17) is 17.3 Å². The fourth-order valence-corrected chi connectivity index (χ4v) is 4.93. The molecule has 0 atom stereocenters. The second-order valence-corrected chi connectivity index (χ2v) is 9.33. The van der Waals surface area contributed by atoms with Crippen LogP contribution in [0.2, 0.25) is 5.02 Å². The molecule has 0 fully saturated rings. The highest BCUT2D eigenvalue weighted by Crippen LogP contribution is 2.43. The predicted octanol–water partition coefficient (Wildman–Crippen LogP) is 4.94. The van der Waals surface area contributed by atoms with E-state index < -0.39 is 21.8 Å². The van der Waals surface area contributed by atoms with Crippen molar-refractivity contribution in [3.8, 4) is 11.1 Å². The Balaban J connectivity index is 1.99. The molecule has 0 unspecified atom stereocenters. The summed E-state index contributed by atoms with van der Waals surface area (Å²) in [4.78, 5) is 3.73. The van der Waals surface area contributed by atoms with Gasteiger partial charge in [-0.25, -0.2) is 18.2 Å². The number of anilines is 3. The van der Waals surface area contributed by atoms with Crippen LogP contribution in [-0.2, 0) is 16.2 Å². The molecule has 5 N–H and O–H groups in total. The van der Waals surface area contributed by atoms with Crippen LogP contribution in [0.4, 0.5) is 30.8 Å². The summed E-state index contributed by atoms with van der Waals surface area (Å²) in [5.41, 5.74) is 4.26. The van der Waals surface area contributed by atoms with Crippen LogP contribution in [0.5, 0.6) is 0 Å². The molecule has 2 aromatic carbocycles. The minimum absolute atomic E-state index is 0.00338. The zero-order valence-electron chi connectivity index (χ0n) is 17.7. The fourth-order valence-electron chi connectivity index (χ4n) is 3.20. The number of benzene rings is 2. The number of nitrogens with one attached hydrogen (secondary N) is 3. The molecule has 0 saturated carbocycles. The van der Waals surface area contributed by atoms with Crippen LogP contribution in [0.3, 0.4) is 0 Å². The Morgan fingerprint density at radius 2 is 1.79 bits per heavy atom. The lowest BCUT2D eigenvalue weighted by molar-refractivity contribution is -0.137. The quantitative estimate of drug-likeness (QED) is 0.346. The van der Waals surface area contributed by atoms with Gasteiger partial charge in [0.2, 0.25) is 21.9 Å². The van der Waals surface area contributed by atoms with Crippen LogP contribution in [0.1, 0.15) is 32.3 Å². The smallest absolute Gasteiger partial charge is 0.368 e. The van der Waals surface area contributed by atoms with Crippen molar-refractivity contribution in [3.05, 3.63) is 47.0 Å². The highest BCUT2D eigenvalue weighted by molar-refractivity contribution is 7.89. The van der Waals surface area contributed by atoms with Crippen molar-refractivity contribution >= 4 is 39.2 Å². The summed E-state index contributed by atoms with van der Waals surface area (Å²) < 4.78 is 69.4. The summed E-state index contributed by atoms with van der Waals surface area (Å²) in [7, 11) is -3.81. The van der Waals surface area contributed by atoms with Gasteiger partial charge >= 0.3 is 6.18 Å². The van der Waals surface area contributed by atoms with Gasteiger partial charge < -0.3 is 11.1 Å². The van der Waals surface area contributed by atoms with Crippen molar-refractivity contribution in [1.29, 1.82) is 0 Å². The third-order valence-electron chi connectivity index (χ3n) is 4.92. The lowest BCUT2D eigenvalue weighted by atomic mass is 9.98. The third-order valence-corrected chi connectivity index (χ3v) is 6.75. The van der Waals surface area contributed by atoms with Gasteiger partial charge in [0, 0.05) is 17.3 Å². The van der Waals surface area contributed by atoms with E-state index in [1.54, 1.807) is 0 Å². The van der Waals surface area contributed by atoms with Crippen LogP contribution in [0.25, 0.3) is 11.1 Å². The highest BCUT2D eigenvalue weighted by Gasteiger charge is 2.35. The van der Waals surface area contributed by atoms with Crippen LogP contribution in [-0.4, -0.2) is 29.6 Å². The predicted molar refractivity (Wildman–Crippen MR) is 121 cm³/mol. The van der Waals surface area contributed by atoms with Gasteiger partial charge in [-0.3, -0.25) is 0 Å². The molecule has 0 bridgehead atoms. The Morgan fingerprint density at radius 1 is 1.15 bits per heavy atom. The van der Waals surface area contributed by atoms with E-state index in [9.17, 15) is 21.6 Å². The van der Waals surface area contributed by atoms with E-state index >= 15 is 0 Å². The zero-order chi connectivity index (χ0) is 24.4. The molecular formula is C20H22ClF3N6O2S. The second-order valence-electron chi connectivity index (χ2n) is 7.21. The molecule has 0 aliphatic carbocycles. The average Bonchev–Trinajstić information content (AvgIpc) is 3.15. The maximum absolute atomic E-state index is 13.9. The first-order chi connectivity index (χ1) is 15.4. The number of alkyl halides is 3. The maximum Gasteiger partial charge on any atom is 0.417 e. The zero-order valence-corrected chi connectivity index (χ0v) is 19.2. The minimum atomic E-state index is -4.74. The molecule has 1 aromatic heterocycles. The van der Waals surface area contributed by atoms with E-state index in [2.05, 4.69) is 25.2 Å². The van der Waals surface area contributed by atoms with Crippen LogP contribution >= 0.6 is 11.6 Å². The molecule has 33 heavy (non-hydrogen) atoms. The molecule has 13 heteroatoms. The second kappa shape index (κ2) is 9.57. The Labute approximate surface area is 193 Å². The summed E-state index contributed by atoms with van der Waals surface area (Å²) in [6, 6.07) is 7.01. The third kappa shape index (κ3) is 5.75. The van der Waals surface area contributed by atoms with E-state index in [1.165, 1.54) is 30.3 Å². The highest BCUT2D eigenvalue weighted by atomic mass is 35.5. The first-order valence-corrected chi connectivity index (χ1v) is 11.8. The number of sulfonamides is 1. The van der Waals surface area contributed by atoms with Crippen molar-refractivity contribution in [1.82, 2.24) is 19.9 Å². The maximum atomic E-state index is 13.9. The van der Waals surface area contributed by atoms with Gasteiger partial charge in [-0.1, -0.05) is 37.6 Å². The van der Waals surface area contributed by atoms with Gasteiger partial charge in [-0.15, -0.1) is 5.10 Å². The van der Waals surface area contributed by atoms with Crippen molar-refractivity contribution in [2.75, 3.05) is 11.1 Å². The van der Waals surface area contributed by atoms with Gasteiger partial charge in [0.05, 0.1) is 15.5 Å². The number of rotatable bonds is 8. The standard InChI is InChI=1S/C20H22ClF3N6O2S/c1-3-12(4-2)30-33(31,32)14-7-5-11(6-8-14)17-15(20(22,23)24)9-13(10-16(17)21)26-19-27-18(25)28-29-19/h5-10,12,30H,3-4H2,1-2H3,(H4,25,26,27,28,29). The number of nitrogens with two attached hydrogens (primary N) is 1. The number of aromatic amines is 1. The Morgan fingerprint density at radius 3 is 2.30 bits per heavy atom. The molecule has 3 rings (SSSR count). The molecule has 3 aromatic rings. The molecule has 1 heterocycles. The van der Waals surface area contributed by atoms with Crippen LogP contribution < -0.4 is 15.8 Å². The van der Waals surface area contributed by atoms with Crippen molar-refractivity contribution < 1.29 is 21.6 Å². The van der Waals surface area contributed by atoms with E-state index in [0.29, 0.717) is 12.8 Å². The lowest BCUT2D eigenvalue weighted by Gasteiger charge is -2.18. The number of nitrogens with zero attached hydrogens (tertiary/aromatic N) is 2. The molecule has 8 nitrogen and oxygen atoms in total. The molecule has 0 radical (unpaired) electrons. The fraction of sp³-hybridized carbons (Fsp3) is 0.300.